The number of hydrogen-bond donors (Lipinski definition) is 2. The first-order valence-corrected chi connectivity index (χ1v) is 8.53. The van der Waals surface area contributed by atoms with Crippen LogP contribution in [0.4, 0.5) is 5.69 Å². The van der Waals surface area contributed by atoms with E-state index in [-0.39, 0.29) is 11.8 Å². The van der Waals surface area contributed by atoms with Crippen LogP contribution in [-0.4, -0.2) is 32.6 Å². The quantitative estimate of drug-likeness (QED) is 0.710. The van der Waals surface area contributed by atoms with E-state index in [1.165, 1.54) is 7.11 Å². The van der Waals surface area contributed by atoms with Gasteiger partial charge in [0.05, 0.1) is 13.7 Å². The zero-order valence-corrected chi connectivity index (χ0v) is 15.3. The van der Waals surface area contributed by atoms with Gasteiger partial charge in [0.2, 0.25) is 0 Å². The second kappa shape index (κ2) is 9.46. The molecule has 2 aromatic rings. The Bertz CT molecular complexity index is 774. The van der Waals surface area contributed by atoms with E-state index < -0.39 is 0 Å². The summed E-state index contributed by atoms with van der Waals surface area (Å²) >= 11 is 0. The molecule has 0 fully saturated rings. The summed E-state index contributed by atoms with van der Waals surface area (Å²) in [6.07, 6.45) is 1.99. The lowest BCUT2D eigenvalue weighted by Gasteiger charge is -2.12. The molecule has 0 bridgehead atoms. The smallest absolute Gasteiger partial charge is 0.255 e. The third-order valence-corrected chi connectivity index (χ3v) is 3.79. The third-order valence-electron chi connectivity index (χ3n) is 3.79. The van der Waals surface area contributed by atoms with Gasteiger partial charge in [-0.2, -0.15) is 0 Å². The van der Waals surface area contributed by atoms with Crippen LogP contribution in [0.5, 0.6) is 11.5 Å². The van der Waals surface area contributed by atoms with Gasteiger partial charge in [0.1, 0.15) is 0 Å². The number of ether oxygens (including phenoxy) is 2. The molecule has 0 aromatic heterocycles. The normalized spacial score (nSPS) is 10.1. The Labute approximate surface area is 153 Å². The highest BCUT2D eigenvalue weighted by molar-refractivity contribution is 6.05. The first-order valence-electron chi connectivity index (χ1n) is 8.53. The van der Waals surface area contributed by atoms with Gasteiger partial charge in [0.15, 0.2) is 11.5 Å². The Morgan fingerprint density at radius 1 is 1.00 bits per heavy atom. The molecule has 6 heteroatoms. The topological polar surface area (TPSA) is 76.7 Å². The number of anilines is 1. The molecule has 0 spiro atoms. The zero-order valence-electron chi connectivity index (χ0n) is 15.3. The van der Waals surface area contributed by atoms with Gasteiger partial charge in [0.25, 0.3) is 11.8 Å². The number of rotatable bonds is 8. The second-order valence-electron chi connectivity index (χ2n) is 5.68. The van der Waals surface area contributed by atoms with Gasteiger partial charge >= 0.3 is 0 Å². The highest BCUT2D eigenvalue weighted by Crippen LogP contribution is 2.28. The van der Waals surface area contributed by atoms with Crippen LogP contribution >= 0.6 is 0 Å². The minimum atomic E-state index is -0.294. The van der Waals surface area contributed by atoms with Gasteiger partial charge in [-0.05, 0) is 42.8 Å². The lowest BCUT2D eigenvalue weighted by molar-refractivity contribution is 0.0961. The van der Waals surface area contributed by atoms with Gasteiger partial charge in [-0.1, -0.05) is 19.4 Å². The van der Waals surface area contributed by atoms with Crippen molar-refractivity contribution in [2.45, 2.75) is 19.8 Å². The number of nitrogens with one attached hydrogen (secondary N) is 2. The van der Waals surface area contributed by atoms with E-state index in [9.17, 15) is 9.59 Å². The Hall–Kier alpha value is -3.02. The molecule has 0 aliphatic carbocycles. The Morgan fingerprint density at radius 2 is 1.77 bits per heavy atom. The summed E-state index contributed by atoms with van der Waals surface area (Å²) in [6, 6.07) is 11.8. The molecule has 6 nitrogen and oxygen atoms in total. The van der Waals surface area contributed by atoms with Crippen LogP contribution in [0.2, 0.25) is 0 Å². The second-order valence-corrected chi connectivity index (χ2v) is 5.68. The molecule has 2 N–H and O–H groups in total. The molecular formula is C20H24N2O4. The number of amides is 2. The van der Waals surface area contributed by atoms with Crippen LogP contribution in [-0.2, 0) is 0 Å². The lowest BCUT2D eigenvalue weighted by atomic mass is 10.1. The Morgan fingerprint density at radius 3 is 2.46 bits per heavy atom. The molecule has 0 radical (unpaired) electrons. The standard InChI is InChI=1S/C20H24N2O4/c1-4-5-11-26-17-10-9-15(13-18(17)25-3)20(24)22-16-8-6-7-14(12-16)19(23)21-2/h6-10,12-13H,4-5,11H2,1-3H3,(H,21,23)(H,22,24). The van der Waals surface area contributed by atoms with Crippen LogP contribution in [0.15, 0.2) is 42.5 Å². The molecule has 2 rings (SSSR count). The molecular weight excluding hydrogens is 332 g/mol. The van der Waals surface area contributed by atoms with Gasteiger partial charge in [-0.3, -0.25) is 9.59 Å². The van der Waals surface area contributed by atoms with E-state index in [2.05, 4.69) is 17.6 Å². The molecule has 0 heterocycles. The summed E-state index contributed by atoms with van der Waals surface area (Å²) in [4.78, 5) is 24.2. The fourth-order valence-electron chi connectivity index (χ4n) is 2.34. The van der Waals surface area contributed by atoms with Crippen LogP contribution in [0.3, 0.4) is 0 Å². The summed E-state index contributed by atoms with van der Waals surface area (Å²) in [7, 11) is 3.10. The van der Waals surface area contributed by atoms with Crippen molar-refractivity contribution >= 4 is 17.5 Å². The molecule has 138 valence electrons. The number of hydrogen-bond acceptors (Lipinski definition) is 4. The van der Waals surface area contributed by atoms with E-state index in [4.69, 9.17) is 9.47 Å². The van der Waals surface area contributed by atoms with Crippen molar-refractivity contribution in [3.05, 3.63) is 53.6 Å². The molecule has 26 heavy (non-hydrogen) atoms. The molecule has 0 aliphatic rings. The summed E-state index contributed by atoms with van der Waals surface area (Å²) in [6.45, 7) is 2.69. The summed E-state index contributed by atoms with van der Waals surface area (Å²) in [5, 5.41) is 5.34. The molecule has 0 unspecified atom stereocenters. The zero-order chi connectivity index (χ0) is 18.9. The fourth-order valence-corrected chi connectivity index (χ4v) is 2.34. The van der Waals surface area contributed by atoms with Gasteiger partial charge in [-0.15, -0.1) is 0 Å². The number of methoxy groups -OCH3 is 1. The first-order chi connectivity index (χ1) is 12.6. The summed E-state index contributed by atoms with van der Waals surface area (Å²) in [5.74, 6) is 0.612. The van der Waals surface area contributed by atoms with Crippen molar-refractivity contribution in [1.82, 2.24) is 5.32 Å². The van der Waals surface area contributed by atoms with Crippen LogP contribution < -0.4 is 20.1 Å². The average Bonchev–Trinajstić information content (AvgIpc) is 2.67. The minimum Gasteiger partial charge on any atom is -0.493 e. The number of benzene rings is 2. The minimum absolute atomic E-state index is 0.212. The average molecular weight is 356 g/mol. The summed E-state index contributed by atoms with van der Waals surface area (Å²) < 4.78 is 11.0. The van der Waals surface area contributed by atoms with E-state index in [1.54, 1.807) is 49.5 Å². The van der Waals surface area contributed by atoms with Crippen LogP contribution in [0, 0.1) is 0 Å². The van der Waals surface area contributed by atoms with Gasteiger partial charge in [0, 0.05) is 23.9 Å². The van der Waals surface area contributed by atoms with Crippen molar-refractivity contribution in [3.8, 4) is 11.5 Å². The Kier molecular flexibility index (Phi) is 7.02. The van der Waals surface area contributed by atoms with Crippen LogP contribution in [0.1, 0.15) is 40.5 Å². The van der Waals surface area contributed by atoms with E-state index in [0.29, 0.717) is 34.9 Å². The molecule has 0 atom stereocenters. The molecule has 2 amide bonds. The van der Waals surface area contributed by atoms with E-state index >= 15 is 0 Å². The lowest BCUT2D eigenvalue weighted by Crippen LogP contribution is -2.18. The van der Waals surface area contributed by atoms with Crippen molar-refractivity contribution in [1.29, 1.82) is 0 Å². The van der Waals surface area contributed by atoms with E-state index in [1.807, 2.05) is 0 Å². The predicted molar refractivity (Wildman–Crippen MR) is 101 cm³/mol. The monoisotopic (exact) mass is 356 g/mol. The SMILES string of the molecule is CCCCOc1ccc(C(=O)Nc2cccc(C(=O)NC)c2)cc1OC. The Balaban J connectivity index is 2.13. The van der Waals surface area contributed by atoms with Crippen molar-refractivity contribution in [2.75, 3.05) is 26.1 Å². The fraction of sp³-hybridized carbons (Fsp3) is 0.300. The van der Waals surface area contributed by atoms with Crippen molar-refractivity contribution in [3.63, 3.8) is 0 Å². The van der Waals surface area contributed by atoms with Gasteiger partial charge < -0.3 is 20.1 Å². The van der Waals surface area contributed by atoms with Crippen molar-refractivity contribution in [2.24, 2.45) is 0 Å². The molecule has 2 aromatic carbocycles. The number of carbonyl (C=O) groups is 2. The highest BCUT2D eigenvalue weighted by Gasteiger charge is 2.12. The predicted octanol–water partition coefficient (Wildman–Crippen LogP) is 3.49. The van der Waals surface area contributed by atoms with Crippen LogP contribution in [0.25, 0.3) is 0 Å². The molecule has 0 saturated carbocycles. The maximum absolute atomic E-state index is 12.5. The van der Waals surface area contributed by atoms with Gasteiger partial charge in [-0.25, -0.2) is 0 Å². The number of unbranched alkanes of at least 4 members (excludes halogenated alkanes) is 1. The van der Waals surface area contributed by atoms with Crippen molar-refractivity contribution < 1.29 is 19.1 Å². The largest absolute Gasteiger partial charge is 0.493 e. The highest BCUT2D eigenvalue weighted by atomic mass is 16.5. The maximum Gasteiger partial charge on any atom is 0.255 e. The third kappa shape index (κ3) is 4.99. The first kappa shape index (κ1) is 19.3. The molecule has 0 aliphatic heterocycles. The van der Waals surface area contributed by atoms with E-state index in [0.717, 1.165) is 12.8 Å². The molecule has 0 saturated heterocycles. The maximum atomic E-state index is 12.5. The number of carbonyl (C=O) groups excluding carboxylic acids is 2. The summed E-state index contributed by atoms with van der Waals surface area (Å²) in [5.41, 5.74) is 1.45.